The average molecular weight is 330 g/mol. The first kappa shape index (κ1) is 13.2. The third-order valence-electron chi connectivity index (χ3n) is 2.68. The summed E-state index contributed by atoms with van der Waals surface area (Å²) in [5.41, 5.74) is 7.55. The Morgan fingerprint density at radius 1 is 1.39 bits per heavy atom. The van der Waals surface area contributed by atoms with Crippen LogP contribution in [0.3, 0.4) is 0 Å². The molecular formula is C12H14BrClN4. The zero-order valence-corrected chi connectivity index (χ0v) is 12.5. The molecule has 1 aromatic carbocycles. The maximum atomic E-state index is 5.99. The van der Waals surface area contributed by atoms with Gasteiger partial charge in [0.1, 0.15) is 11.5 Å². The lowest BCUT2D eigenvalue weighted by Crippen LogP contribution is -2.16. The van der Waals surface area contributed by atoms with Crippen LogP contribution in [0.25, 0.3) is 11.3 Å². The molecule has 1 heterocycles. The molecule has 0 radical (unpaired) electrons. The van der Waals surface area contributed by atoms with Crippen LogP contribution in [0.4, 0.5) is 5.82 Å². The second kappa shape index (κ2) is 4.82. The molecule has 0 aliphatic rings. The molecule has 0 bridgehead atoms. The number of aromatic nitrogens is 2. The lowest BCUT2D eigenvalue weighted by Gasteiger charge is -2.04. The lowest BCUT2D eigenvalue weighted by molar-refractivity contribution is 0.739. The van der Waals surface area contributed by atoms with Gasteiger partial charge in [-0.25, -0.2) is 9.66 Å². The molecule has 0 amide bonds. The van der Waals surface area contributed by atoms with Crippen LogP contribution in [-0.4, -0.2) is 9.66 Å². The molecule has 0 atom stereocenters. The van der Waals surface area contributed by atoms with Crippen LogP contribution >= 0.6 is 27.5 Å². The van der Waals surface area contributed by atoms with E-state index in [4.69, 9.17) is 23.2 Å². The molecule has 0 aliphatic carbocycles. The smallest absolute Gasteiger partial charge is 0.150 e. The van der Waals surface area contributed by atoms with Crippen LogP contribution in [0.2, 0.25) is 5.02 Å². The van der Waals surface area contributed by atoms with Gasteiger partial charge in [-0.2, -0.15) is 0 Å². The highest BCUT2D eigenvalue weighted by Crippen LogP contribution is 2.32. The standard InChI is InChI=1S/C12H14BrClN4/c1-6(2)12-17-10(11(15)18(12)16)7-3-4-9(14)8(13)5-7/h3-6H,15-16H2,1-2H3. The van der Waals surface area contributed by atoms with Crippen molar-refractivity contribution in [1.82, 2.24) is 9.66 Å². The Hall–Kier alpha value is -1.20. The minimum absolute atomic E-state index is 0.210. The van der Waals surface area contributed by atoms with E-state index in [0.29, 0.717) is 16.5 Å². The molecular weight excluding hydrogens is 316 g/mol. The zero-order chi connectivity index (χ0) is 13.4. The number of halogens is 2. The van der Waals surface area contributed by atoms with Gasteiger partial charge < -0.3 is 11.6 Å². The second-order valence-corrected chi connectivity index (χ2v) is 5.62. The van der Waals surface area contributed by atoms with Gasteiger partial charge in [-0.3, -0.25) is 0 Å². The van der Waals surface area contributed by atoms with Crippen molar-refractivity contribution in [2.45, 2.75) is 19.8 Å². The second-order valence-electron chi connectivity index (χ2n) is 4.36. The van der Waals surface area contributed by atoms with Gasteiger partial charge in [0, 0.05) is 16.0 Å². The van der Waals surface area contributed by atoms with Gasteiger partial charge in [-0.05, 0) is 28.1 Å². The van der Waals surface area contributed by atoms with Crippen LogP contribution < -0.4 is 11.6 Å². The Bertz CT molecular complexity index is 592. The van der Waals surface area contributed by atoms with Crippen molar-refractivity contribution in [2.24, 2.45) is 0 Å². The molecule has 2 aromatic rings. The Morgan fingerprint density at radius 2 is 2.06 bits per heavy atom. The van der Waals surface area contributed by atoms with E-state index in [1.165, 1.54) is 4.68 Å². The van der Waals surface area contributed by atoms with Gasteiger partial charge in [0.05, 0.1) is 5.02 Å². The quantitative estimate of drug-likeness (QED) is 0.830. The summed E-state index contributed by atoms with van der Waals surface area (Å²) in [7, 11) is 0. The Kier molecular flexibility index (Phi) is 3.54. The van der Waals surface area contributed by atoms with E-state index in [1.807, 2.05) is 26.0 Å². The molecule has 0 unspecified atom stereocenters. The van der Waals surface area contributed by atoms with Crippen molar-refractivity contribution in [2.75, 3.05) is 11.6 Å². The summed E-state index contributed by atoms with van der Waals surface area (Å²) in [6.07, 6.45) is 0. The SMILES string of the molecule is CC(C)c1nc(-c2ccc(Cl)c(Br)c2)c(N)n1N. The van der Waals surface area contributed by atoms with E-state index in [1.54, 1.807) is 6.07 Å². The Labute approximate surface area is 119 Å². The Morgan fingerprint density at radius 3 is 2.56 bits per heavy atom. The number of nitrogens with two attached hydrogens (primary N) is 2. The third kappa shape index (κ3) is 2.20. The van der Waals surface area contributed by atoms with E-state index < -0.39 is 0 Å². The van der Waals surface area contributed by atoms with Crippen molar-refractivity contribution in [3.8, 4) is 11.3 Å². The molecule has 4 nitrogen and oxygen atoms in total. The fraction of sp³-hybridized carbons (Fsp3) is 0.250. The van der Waals surface area contributed by atoms with Crippen molar-refractivity contribution >= 4 is 33.3 Å². The van der Waals surface area contributed by atoms with Gasteiger partial charge in [0.25, 0.3) is 0 Å². The van der Waals surface area contributed by atoms with Crippen molar-refractivity contribution < 1.29 is 0 Å². The molecule has 96 valence electrons. The fourth-order valence-electron chi connectivity index (χ4n) is 1.73. The number of anilines is 1. The van der Waals surface area contributed by atoms with Crippen LogP contribution in [-0.2, 0) is 0 Å². The zero-order valence-electron chi connectivity index (χ0n) is 10.1. The molecule has 0 spiro atoms. The molecule has 2 rings (SSSR count). The molecule has 1 aromatic heterocycles. The van der Waals surface area contributed by atoms with Crippen molar-refractivity contribution in [3.05, 3.63) is 33.5 Å². The number of benzene rings is 1. The number of imidazole rings is 1. The first-order valence-electron chi connectivity index (χ1n) is 5.50. The molecule has 0 saturated heterocycles. The number of hydrogen-bond acceptors (Lipinski definition) is 3. The predicted octanol–water partition coefficient (Wildman–Crippen LogP) is 3.39. The molecule has 4 N–H and O–H groups in total. The van der Waals surface area contributed by atoms with Crippen LogP contribution in [0.15, 0.2) is 22.7 Å². The van der Waals surface area contributed by atoms with Crippen molar-refractivity contribution in [3.63, 3.8) is 0 Å². The maximum Gasteiger partial charge on any atom is 0.150 e. The number of hydrogen-bond donors (Lipinski definition) is 2. The summed E-state index contributed by atoms with van der Waals surface area (Å²) in [5.74, 6) is 7.32. The van der Waals surface area contributed by atoms with Gasteiger partial charge in [-0.1, -0.05) is 31.5 Å². The van der Waals surface area contributed by atoms with E-state index in [-0.39, 0.29) is 5.92 Å². The average Bonchev–Trinajstić information content (AvgIpc) is 2.60. The first-order valence-corrected chi connectivity index (χ1v) is 6.67. The normalized spacial score (nSPS) is 11.2. The predicted molar refractivity (Wildman–Crippen MR) is 79.0 cm³/mol. The summed E-state index contributed by atoms with van der Waals surface area (Å²) in [6, 6.07) is 5.55. The number of nitrogen functional groups attached to an aromatic ring is 2. The summed E-state index contributed by atoms with van der Waals surface area (Å²) >= 11 is 9.35. The molecule has 0 saturated carbocycles. The molecule has 0 aliphatic heterocycles. The first-order chi connectivity index (χ1) is 8.41. The van der Waals surface area contributed by atoms with Crippen LogP contribution in [0.1, 0.15) is 25.6 Å². The van der Waals surface area contributed by atoms with Crippen molar-refractivity contribution in [1.29, 1.82) is 0 Å². The third-order valence-corrected chi connectivity index (χ3v) is 3.90. The molecule has 0 fully saturated rings. The summed E-state index contributed by atoms with van der Waals surface area (Å²) < 4.78 is 2.24. The lowest BCUT2D eigenvalue weighted by atomic mass is 10.1. The summed E-state index contributed by atoms with van der Waals surface area (Å²) in [4.78, 5) is 4.50. The highest BCUT2D eigenvalue weighted by Gasteiger charge is 2.17. The van der Waals surface area contributed by atoms with Gasteiger partial charge in [0.15, 0.2) is 5.82 Å². The van der Waals surface area contributed by atoms with E-state index in [9.17, 15) is 0 Å². The topological polar surface area (TPSA) is 69.9 Å². The van der Waals surface area contributed by atoms with Gasteiger partial charge in [-0.15, -0.1) is 0 Å². The largest absolute Gasteiger partial charge is 0.382 e. The van der Waals surface area contributed by atoms with Gasteiger partial charge >= 0.3 is 0 Å². The number of rotatable bonds is 2. The van der Waals surface area contributed by atoms with Crippen LogP contribution in [0, 0.1) is 0 Å². The summed E-state index contributed by atoms with van der Waals surface area (Å²) in [5, 5.41) is 0.647. The summed E-state index contributed by atoms with van der Waals surface area (Å²) in [6.45, 7) is 4.04. The Balaban J connectivity index is 2.57. The highest BCUT2D eigenvalue weighted by atomic mass is 79.9. The van der Waals surface area contributed by atoms with E-state index in [0.717, 1.165) is 15.9 Å². The number of nitrogens with zero attached hydrogens (tertiary/aromatic N) is 2. The fourth-order valence-corrected chi connectivity index (χ4v) is 2.22. The van der Waals surface area contributed by atoms with Crippen LogP contribution in [0.5, 0.6) is 0 Å². The maximum absolute atomic E-state index is 5.99. The monoisotopic (exact) mass is 328 g/mol. The molecule has 18 heavy (non-hydrogen) atoms. The van der Waals surface area contributed by atoms with E-state index in [2.05, 4.69) is 20.9 Å². The highest BCUT2D eigenvalue weighted by molar-refractivity contribution is 9.10. The minimum Gasteiger partial charge on any atom is -0.382 e. The van der Waals surface area contributed by atoms with Gasteiger partial charge in [0.2, 0.25) is 0 Å². The molecule has 6 heteroatoms. The van der Waals surface area contributed by atoms with E-state index >= 15 is 0 Å². The minimum atomic E-state index is 0.210.